The summed E-state index contributed by atoms with van der Waals surface area (Å²) in [6.07, 6.45) is 23.5. The van der Waals surface area contributed by atoms with Crippen LogP contribution in [-0.2, 0) is 9.53 Å². The minimum absolute atomic E-state index is 0.150. The van der Waals surface area contributed by atoms with Gasteiger partial charge in [-0.1, -0.05) is 73.2 Å². The highest BCUT2D eigenvalue weighted by molar-refractivity contribution is 8.03. The third kappa shape index (κ3) is 18.4. The number of hydrogen-bond acceptors (Lipinski definition) is 3. The first-order valence-electron chi connectivity index (χ1n) is 8.57. The first kappa shape index (κ1) is 22.3. The molecule has 3 heteroatoms. The van der Waals surface area contributed by atoms with Crippen LogP contribution in [0, 0.1) is 11.2 Å². The van der Waals surface area contributed by atoms with E-state index in [2.05, 4.69) is 71.4 Å². The molecule has 0 aliphatic carbocycles. The summed E-state index contributed by atoms with van der Waals surface area (Å²) in [7, 11) is 1.42. The maximum absolute atomic E-state index is 10.9. The van der Waals surface area contributed by atoms with Crippen molar-refractivity contribution in [3.05, 3.63) is 48.6 Å². The van der Waals surface area contributed by atoms with Crippen molar-refractivity contribution >= 4 is 17.7 Å². The molecule has 0 radical (unpaired) electrons. The van der Waals surface area contributed by atoms with Gasteiger partial charge < -0.3 is 4.74 Å². The van der Waals surface area contributed by atoms with Crippen LogP contribution in [0.4, 0.5) is 0 Å². The molecule has 0 heterocycles. The van der Waals surface area contributed by atoms with E-state index < -0.39 is 0 Å². The minimum Gasteiger partial charge on any atom is -0.469 e. The lowest BCUT2D eigenvalue weighted by atomic mass is 10.2. The van der Waals surface area contributed by atoms with Crippen molar-refractivity contribution in [3.63, 3.8) is 0 Å². The molecule has 0 aliphatic heterocycles. The number of hydrogen-bond donors (Lipinski definition) is 0. The van der Waals surface area contributed by atoms with Crippen molar-refractivity contribution in [2.75, 3.05) is 12.9 Å². The van der Waals surface area contributed by atoms with E-state index in [-0.39, 0.29) is 5.97 Å². The van der Waals surface area contributed by atoms with Gasteiger partial charge in [0.2, 0.25) is 0 Å². The van der Waals surface area contributed by atoms with Crippen molar-refractivity contribution in [1.29, 1.82) is 0 Å². The fourth-order valence-electron chi connectivity index (χ4n) is 1.66. The number of esters is 1. The Labute approximate surface area is 152 Å². The molecule has 0 aromatic heterocycles. The van der Waals surface area contributed by atoms with Crippen LogP contribution in [0.25, 0.3) is 0 Å². The van der Waals surface area contributed by atoms with E-state index in [1.165, 1.54) is 7.11 Å². The summed E-state index contributed by atoms with van der Waals surface area (Å²) in [4.78, 5) is 10.9. The quantitative estimate of drug-likeness (QED) is 0.192. The number of methoxy groups -OCH3 is 1. The van der Waals surface area contributed by atoms with Gasteiger partial charge in [-0.2, -0.15) is 0 Å². The Balaban J connectivity index is 3.49. The molecule has 0 aliphatic rings. The Kier molecular flexibility index (Phi) is 18.0. The minimum atomic E-state index is -0.150. The molecule has 0 saturated carbocycles. The molecule has 0 aromatic rings. The molecule has 132 valence electrons. The van der Waals surface area contributed by atoms with Crippen LogP contribution in [0.15, 0.2) is 48.6 Å². The first-order valence-corrected chi connectivity index (χ1v) is 9.56. The van der Waals surface area contributed by atoms with Crippen LogP contribution < -0.4 is 0 Å². The summed E-state index contributed by atoms with van der Waals surface area (Å²) in [5.74, 6) is 3.81. The topological polar surface area (TPSA) is 26.3 Å². The molecule has 0 fully saturated rings. The van der Waals surface area contributed by atoms with Gasteiger partial charge in [-0.15, -0.1) is 0 Å². The van der Waals surface area contributed by atoms with E-state index in [0.29, 0.717) is 6.42 Å². The number of allylic oxidation sites excluding steroid dienone is 8. The summed E-state index contributed by atoms with van der Waals surface area (Å²) < 4.78 is 4.58. The second-order valence-corrected chi connectivity index (χ2v) is 5.91. The highest BCUT2D eigenvalue weighted by Crippen LogP contribution is 2.03. The molecule has 0 atom stereocenters. The van der Waals surface area contributed by atoms with E-state index in [9.17, 15) is 4.79 Å². The predicted molar refractivity (Wildman–Crippen MR) is 107 cm³/mol. The van der Waals surface area contributed by atoms with Crippen molar-refractivity contribution in [3.8, 4) is 11.2 Å². The van der Waals surface area contributed by atoms with E-state index >= 15 is 0 Å². The van der Waals surface area contributed by atoms with Gasteiger partial charge >= 0.3 is 5.97 Å². The molecule has 0 amide bonds. The molecule has 0 spiro atoms. The lowest BCUT2D eigenvalue weighted by Crippen LogP contribution is -1.99. The average Bonchev–Trinajstić information content (AvgIpc) is 2.60. The second-order valence-electron chi connectivity index (χ2n) is 5.01. The number of carbonyl (C=O) groups excluding carboxylic acids is 1. The van der Waals surface area contributed by atoms with E-state index in [0.717, 1.165) is 44.3 Å². The third-order valence-electron chi connectivity index (χ3n) is 2.94. The zero-order valence-electron chi connectivity index (χ0n) is 15.0. The number of ether oxygens (including phenoxy) is 1. The summed E-state index contributed by atoms with van der Waals surface area (Å²) in [5.41, 5.74) is 0. The molecule has 0 bridgehead atoms. The van der Waals surface area contributed by atoms with E-state index in [1.54, 1.807) is 11.8 Å². The van der Waals surface area contributed by atoms with Gasteiger partial charge in [0.25, 0.3) is 0 Å². The number of carbonyl (C=O) groups is 1. The number of rotatable bonds is 12. The zero-order valence-corrected chi connectivity index (χ0v) is 15.8. The van der Waals surface area contributed by atoms with Crippen molar-refractivity contribution in [2.24, 2.45) is 0 Å². The molecule has 0 unspecified atom stereocenters. The highest BCUT2D eigenvalue weighted by atomic mass is 32.2. The van der Waals surface area contributed by atoms with Gasteiger partial charge in [0.1, 0.15) is 0 Å². The molecule has 0 N–H and O–H groups in total. The standard InChI is InChI=1S/C21H30O2S/c1-3-4-5-6-7-8-9-10-11-12-13-14-15-16-19-24-20-17-18-21(22)23-2/h4-5,7-8,10-11,13-14H,3,6,9,12,15,17-18,20H2,1-2H3/b5-4-,8-7-,11-10-,14-13-. The zero-order chi connectivity index (χ0) is 17.7. The monoisotopic (exact) mass is 346 g/mol. The lowest BCUT2D eigenvalue weighted by Gasteiger charge is -1.95. The average molecular weight is 347 g/mol. The fraction of sp³-hybridized carbons (Fsp3) is 0.476. The smallest absolute Gasteiger partial charge is 0.305 e. The molecule has 0 rings (SSSR count). The van der Waals surface area contributed by atoms with Crippen LogP contribution in [0.2, 0.25) is 0 Å². The maximum atomic E-state index is 10.9. The van der Waals surface area contributed by atoms with Gasteiger partial charge in [0.05, 0.1) is 7.11 Å². The Bertz CT molecular complexity index is 476. The molecule has 0 saturated heterocycles. The van der Waals surface area contributed by atoms with Gasteiger partial charge in [0.15, 0.2) is 0 Å². The van der Waals surface area contributed by atoms with Crippen LogP contribution in [0.1, 0.15) is 51.9 Å². The Hall–Kier alpha value is -1.66. The summed E-state index contributed by atoms with van der Waals surface area (Å²) in [6, 6.07) is 0. The Morgan fingerprint density at radius 3 is 2.12 bits per heavy atom. The van der Waals surface area contributed by atoms with Gasteiger partial charge in [-0.05, 0) is 37.4 Å². The second kappa shape index (κ2) is 19.4. The summed E-state index contributed by atoms with van der Waals surface area (Å²) >= 11 is 1.56. The van der Waals surface area contributed by atoms with Crippen molar-refractivity contribution < 1.29 is 9.53 Å². The SMILES string of the molecule is CC/C=C\C/C=C\C/C=C\C/C=C\CC#CSCCCC(=O)OC. The lowest BCUT2D eigenvalue weighted by molar-refractivity contribution is -0.140. The fourth-order valence-corrected chi connectivity index (χ4v) is 2.23. The Morgan fingerprint density at radius 1 is 0.958 bits per heavy atom. The maximum Gasteiger partial charge on any atom is 0.305 e. The highest BCUT2D eigenvalue weighted by Gasteiger charge is 1.97. The van der Waals surface area contributed by atoms with Crippen LogP contribution >= 0.6 is 11.8 Å². The van der Waals surface area contributed by atoms with Gasteiger partial charge in [-0.3, -0.25) is 4.79 Å². The third-order valence-corrected chi connectivity index (χ3v) is 3.72. The molecular formula is C21H30O2S. The predicted octanol–water partition coefficient (Wildman–Crippen LogP) is 5.83. The molecule has 0 aromatic carbocycles. The first-order chi connectivity index (χ1) is 11.8. The van der Waals surface area contributed by atoms with Crippen LogP contribution in [0.3, 0.4) is 0 Å². The van der Waals surface area contributed by atoms with Crippen molar-refractivity contribution in [2.45, 2.75) is 51.9 Å². The van der Waals surface area contributed by atoms with E-state index in [1.807, 2.05) is 0 Å². The van der Waals surface area contributed by atoms with Crippen LogP contribution in [0.5, 0.6) is 0 Å². The van der Waals surface area contributed by atoms with Gasteiger partial charge in [-0.25, -0.2) is 0 Å². The van der Waals surface area contributed by atoms with Crippen LogP contribution in [-0.4, -0.2) is 18.8 Å². The molecule has 2 nitrogen and oxygen atoms in total. The summed E-state index contributed by atoms with van der Waals surface area (Å²) in [6.45, 7) is 2.15. The van der Waals surface area contributed by atoms with Crippen molar-refractivity contribution in [1.82, 2.24) is 0 Å². The number of thioether (sulfide) groups is 1. The largest absolute Gasteiger partial charge is 0.469 e. The van der Waals surface area contributed by atoms with Gasteiger partial charge in [0, 0.05) is 18.6 Å². The Morgan fingerprint density at radius 2 is 1.54 bits per heavy atom. The normalized spacial score (nSPS) is 11.6. The molecular weight excluding hydrogens is 316 g/mol. The molecule has 24 heavy (non-hydrogen) atoms. The van der Waals surface area contributed by atoms with E-state index in [4.69, 9.17) is 0 Å². The summed E-state index contributed by atoms with van der Waals surface area (Å²) in [5, 5.41) is 3.05.